The van der Waals surface area contributed by atoms with Crippen molar-refractivity contribution in [3.8, 4) is 0 Å². The molecule has 1 saturated heterocycles. The summed E-state index contributed by atoms with van der Waals surface area (Å²) in [6, 6.07) is 11.8. The molecule has 29 heavy (non-hydrogen) atoms. The second kappa shape index (κ2) is 7.23. The molecule has 2 aromatic heterocycles. The fraction of sp³-hybridized carbons (Fsp3) is 0.381. The molecule has 2 aliphatic heterocycles. The molecule has 1 unspecified atom stereocenters. The lowest BCUT2D eigenvalue weighted by Gasteiger charge is -2.24. The molecule has 1 aromatic carbocycles. The lowest BCUT2D eigenvalue weighted by Crippen LogP contribution is -2.45. The molecule has 1 atom stereocenters. The van der Waals surface area contributed by atoms with Crippen LogP contribution in [0.25, 0.3) is 0 Å². The van der Waals surface area contributed by atoms with Crippen LogP contribution < -0.4 is 11.1 Å². The molecule has 0 amide bonds. The van der Waals surface area contributed by atoms with Crippen LogP contribution in [0.3, 0.4) is 0 Å². The molecule has 1 spiro atoms. The summed E-state index contributed by atoms with van der Waals surface area (Å²) in [6.45, 7) is 3.51. The van der Waals surface area contributed by atoms with E-state index in [0.717, 1.165) is 48.2 Å². The summed E-state index contributed by atoms with van der Waals surface area (Å²) >= 11 is 7.69. The highest BCUT2D eigenvalue weighted by molar-refractivity contribution is 7.09. The number of likely N-dealkylation sites (tertiary alicyclic amines) is 1. The number of thiophene rings is 1. The first-order valence-electron chi connectivity index (χ1n) is 9.76. The molecule has 3 aromatic rings. The van der Waals surface area contributed by atoms with E-state index in [1.165, 1.54) is 10.2 Å². The van der Waals surface area contributed by atoms with Gasteiger partial charge in [-0.3, -0.25) is 19.1 Å². The van der Waals surface area contributed by atoms with E-state index in [0.29, 0.717) is 13.1 Å². The Morgan fingerprint density at radius 1 is 1.07 bits per heavy atom. The van der Waals surface area contributed by atoms with Gasteiger partial charge in [-0.05, 0) is 48.5 Å². The minimum absolute atomic E-state index is 0.164. The lowest BCUT2D eigenvalue weighted by molar-refractivity contribution is 0.298. The van der Waals surface area contributed by atoms with Crippen molar-refractivity contribution in [1.82, 2.24) is 19.2 Å². The van der Waals surface area contributed by atoms with E-state index >= 15 is 0 Å². The number of hydrogen-bond acceptors (Lipinski definition) is 5. The van der Waals surface area contributed by atoms with Gasteiger partial charge in [-0.15, -0.1) is 11.3 Å². The summed E-state index contributed by atoms with van der Waals surface area (Å²) in [6.07, 6.45) is 1.79. The molecule has 0 bridgehead atoms. The molecule has 0 aliphatic carbocycles. The monoisotopic (exact) mass is 428 g/mol. The highest BCUT2D eigenvalue weighted by Gasteiger charge is 2.47. The first kappa shape index (κ1) is 18.8. The Morgan fingerprint density at radius 2 is 1.93 bits per heavy atom. The van der Waals surface area contributed by atoms with Crippen LogP contribution in [0.15, 0.2) is 51.4 Å². The average molecular weight is 429 g/mol. The van der Waals surface area contributed by atoms with E-state index in [-0.39, 0.29) is 5.41 Å². The maximum absolute atomic E-state index is 12.7. The van der Waals surface area contributed by atoms with E-state index in [2.05, 4.69) is 11.0 Å². The van der Waals surface area contributed by atoms with Crippen LogP contribution in [0.5, 0.6) is 0 Å². The van der Waals surface area contributed by atoms with Crippen LogP contribution >= 0.6 is 22.9 Å². The Hall–Kier alpha value is -2.22. The SMILES string of the molecule is O=c1c(=O)n2c(nn1Cc1cccs1)C1(CCN(Cc3cccc(Cl)c3)C1)CC2. The lowest BCUT2D eigenvalue weighted by atomic mass is 9.85. The largest absolute Gasteiger partial charge is 0.332 e. The fourth-order valence-corrected chi connectivity index (χ4v) is 5.50. The third-order valence-corrected chi connectivity index (χ3v) is 7.13. The van der Waals surface area contributed by atoms with Crippen molar-refractivity contribution in [2.24, 2.45) is 0 Å². The average Bonchev–Trinajstić information content (AvgIpc) is 3.42. The number of aromatic nitrogens is 3. The number of halogens is 1. The number of hydrogen-bond donors (Lipinski definition) is 0. The van der Waals surface area contributed by atoms with Crippen molar-refractivity contribution in [2.75, 3.05) is 13.1 Å². The molecule has 0 radical (unpaired) electrons. The number of fused-ring (bicyclic) bond motifs is 2. The van der Waals surface area contributed by atoms with E-state index in [4.69, 9.17) is 16.7 Å². The van der Waals surface area contributed by atoms with Crippen LogP contribution in [0.1, 0.15) is 29.1 Å². The zero-order chi connectivity index (χ0) is 20.0. The zero-order valence-corrected chi connectivity index (χ0v) is 17.5. The van der Waals surface area contributed by atoms with E-state index in [9.17, 15) is 9.59 Å². The predicted molar refractivity (Wildman–Crippen MR) is 114 cm³/mol. The van der Waals surface area contributed by atoms with Crippen molar-refractivity contribution in [1.29, 1.82) is 0 Å². The summed E-state index contributed by atoms with van der Waals surface area (Å²) in [7, 11) is 0. The number of benzene rings is 1. The molecular weight excluding hydrogens is 408 g/mol. The van der Waals surface area contributed by atoms with Gasteiger partial charge in [0.1, 0.15) is 5.82 Å². The van der Waals surface area contributed by atoms with Crippen LogP contribution in [0.2, 0.25) is 5.02 Å². The minimum atomic E-state index is -0.534. The minimum Gasteiger partial charge on any atom is -0.298 e. The Kier molecular flexibility index (Phi) is 4.69. The molecule has 2 aliphatic rings. The summed E-state index contributed by atoms with van der Waals surface area (Å²) in [4.78, 5) is 28.7. The van der Waals surface area contributed by atoms with Crippen molar-refractivity contribution in [3.05, 3.63) is 83.8 Å². The van der Waals surface area contributed by atoms with Crippen LogP contribution in [-0.2, 0) is 25.0 Å². The van der Waals surface area contributed by atoms with Gasteiger partial charge in [0.25, 0.3) is 0 Å². The van der Waals surface area contributed by atoms with E-state index in [1.807, 2.05) is 35.7 Å². The van der Waals surface area contributed by atoms with Crippen LogP contribution in [0.4, 0.5) is 0 Å². The van der Waals surface area contributed by atoms with Gasteiger partial charge in [-0.1, -0.05) is 29.8 Å². The number of rotatable bonds is 4. The van der Waals surface area contributed by atoms with Gasteiger partial charge in [0.2, 0.25) is 0 Å². The van der Waals surface area contributed by atoms with Crippen molar-refractivity contribution < 1.29 is 0 Å². The smallest absolute Gasteiger partial charge is 0.298 e. The standard InChI is InChI=1S/C21H21ClN4O2S/c22-16-4-1-3-15(11-16)12-24-8-6-21(14-24)7-9-25-18(27)19(28)26(23-20(21)25)13-17-5-2-10-29-17/h1-5,10-11H,6-9,12-14H2. The molecule has 4 heterocycles. The molecule has 1 fully saturated rings. The molecule has 150 valence electrons. The van der Waals surface area contributed by atoms with Gasteiger partial charge in [0.05, 0.1) is 6.54 Å². The Bertz CT molecular complexity index is 1170. The quantitative estimate of drug-likeness (QED) is 0.599. The maximum atomic E-state index is 12.7. The van der Waals surface area contributed by atoms with E-state index < -0.39 is 11.1 Å². The predicted octanol–water partition coefficient (Wildman–Crippen LogP) is 2.72. The summed E-state index contributed by atoms with van der Waals surface area (Å²) in [5, 5.41) is 7.41. The molecular formula is C21H21ClN4O2S. The van der Waals surface area contributed by atoms with Gasteiger partial charge < -0.3 is 0 Å². The summed E-state index contributed by atoms with van der Waals surface area (Å²) < 4.78 is 2.96. The van der Waals surface area contributed by atoms with Gasteiger partial charge >= 0.3 is 11.1 Å². The fourth-order valence-electron chi connectivity index (χ4n) is 4.60. The molecule has 5 rings (SSSR count). The second-order valence-electron chi connectivity index (χ2n) is 7.94. The Morgan fingerprint density at radius 3 is 2.72 bits per heavy atom. The van der Waals surface area contributed by atoms with Crippen LogP contribution in [0, 0.1) is 0 Å². The van der Waals surface area contributed by atoms with Crippen molar-refractivity contribution >= 4 is 22.9 Å². The normalized spacial score (nSPS) is 21.1. The third kappa shape index (κ3) is 3.37. The molecule has 8 heteroatoms. The first-order valence-corrected chi connectivity index (χ1v) is 11.0. The molecule has 0 N–H and O–H groups in total. The molecule has 6 nitrogen and oxygen atoms in total. The third-order valence-electron chi connectivity index (χ3n) is 6.04. The van der Waals surface area contributed by atoms with E-state index in [1.54, 1.807) is 15.9 Å². The highest BCUT2D eigenvalue weighted by Crippen LogP contribution is 2.40. The topological polar surface area (TPSA) is 60.1 Å². The van der Waals surface area contributed by atoms with Crippen LogP contribution in [-0.4, -0.2) is 32.3 Å². The molecule has 0 saturated carbocycles. The highest BCUT2D eigenvalue weighted by atomic mass is 35.5. The maximum Gasteiger partial charge on any atom is 0.332 e. The van der Waals surface area contributed by atoms with Gasteiger partial charge in [-0.25, -0.2) is 4.68 Å². The van der Waals surface area contributed by atoms with Gasteiger partial charge in [0, 0.05) is 34.9 Å². The summed E-state index contributed by atoms with van der Waals surface area (Å²) in [5.74, 6) is 0.771. The zero-order valence-electron chi connectivity index (χ0n) is 15.9. The summed E-state index contributed by atoms with van der Waals surface area (Å²) in [5.41, 5.74) is 0.0353. The Labute approximate surface area is 177 Å². The second-order valence-corrected chi connectivity index (χ2v) is 9.41. The van der Waals surface area contributed by atoms with Gasteiger partial charge in [0.15, 0.2) is 0 Å². The first-order chi connectivity index (χ1) is 14.0. The van der Waals surface area contributed by atoms with Crippen molar-refractivity contribution in [3.63, 3.8) is 0 Å². The Balaban J connectivity index is 1.45. The van der Waals surface area contributed by atoms with Gasteiger partial charge in [-0.2, -0.15) is 5.10 Å². The number of nitrogens with zero attached hydrogens (tertiary/aromatic N) is 4. The van der Waals surface area contributed by atoms with Crippen molar-refractivity contribution in [2.45, 2.75) is 37.9 Å².